The Hall–Kier alpha value is -1.75. The Morgan fingerprint density at radius 2 is 2.03 bits per heavy atom. The van der Waals surface area contributed by atoms with E-state index in [0.717, 1.165) is 39.6 Å². The molecule has 29 heavy (non-hydrogen) atoms. The normalized spacial score (nSPS) is 13.4. The number of benzene rings is 1. The molecule has 3 aromatic rings. The minimum absolute atomic E-state index is 0.00990. The zero-order valence-corrected chi connectivity index (χ0v) is 19.0. The lowest BCUT2D eigenvalue weighted by molar-refractivity contribution is 0.124. The van der Waals surface area contributed by atoms with Gasteiger partial charge in [0.05, 0.1) is 16.8 Å². The van der Waals surface area contributed by atoms with Crippen LogP contribution in [-0.2, 0) is 21.4 Å². The van der Waals surface area contributed by atoms with Gasteiger partial charge in [-0.05, 0) is 44.9 Å². The summed E-state index contributed by atoms with van der Waals surface area (Å²) in [5.74, 6) is 1.15. The van der Waals surface area contributed by atoms with Crippen LogP contribution in [0.3, 0.4) is 0 Å². The number of nitrogens with two attached hydrogens (primary N) is 2. The molecular formula is C19H26BrN5O3S. The average molecular weight is 484 g/mol. The number of fused-ring (bicyclic) bond motifs is 3. The predicted molar refractivity (Wildman–Crippen MR) is 119 cm³/mol. The molecule has 0 aliphatic carbocycles. The molecule has 1 aromatic carbocycles. The number of primary sulfonamides is 1. The number of pyridine rings is 1. The summed E-state index contributed by atoms with van der Waals surface area (Å²) in [4.78, 5) is 9.25. The van der Waals surface area contributed by atoms with Crippen LogP contribution in [0.4, 0.5) is 5.82 Å². The van der Waals surface area contributed by atoms with Crippen molar-refractivity contribution in [1.82, 2.24) is 14.5 Å². The third kappa shape index (κ3) is 5.06. The minimum Gasteiger partial charge on any atom is -0.382 e. The van der Waals surface area contributed by atoms with Crippen LogP contribution in [0.25, 0.3) is 21.9 Å². The number of unbranched alkanes of at least 4 members (excludes halogenated alkanes) is 1. The van der Waals surface area contributed by atoms with Gasteiger partial charge in [0, 0.05) is 22.5 Å². The monoisotopic (exact) mass is 483 g/mol. The van der Waals surface area contributed by atoms with E-state index in [2.05, 4.69) is 32.4 Å². The van der Waals surface area contributed by atoms with Gasteiger partial charge < -0.3 is 15.0 Å². The number of ether oxygens (including phenoxy) is 1. The second-order valence-electron chi connectivity index (χ2n) is 7.10. The van der Waals surface area contributed by atoms with Gasteiger partial charge in [-0.15, -0.1) is 0 Å². The molecule has 158 valence electrons. The highest BCUT2D eigenvalue weighted by molar-refractivity contribution is 9.10. The summed E-state index contributed by atoms with van der Waals surface area (Å²) < 4.78 is 31.1. The number of aromatic nitrogens is 3. The molecule has 0 aliphatic heterocycles. The molecule has 4 N–H and O–H groups in total. The molecule has 1 atom stereocenters. The Bertz CT molecular complexity index is 1130. The van der Waals surface area contributed by atoms with Gasteiger partial charge in [-0.1, -0.05) is 22.4 Å². The van der Waals surface area contributed by atoms with E-state index in [4.69, 9.17) is 20.6 Å². The van der Waals surface area contributed by atoms with Crippen molar-refractivity contribution in [3.63, 3.8) is 0 Å². The fraction of sp³-hybridized carbons (Fsp3) is 0.474. The first kappa shape index (κ1) is 21.9. The van der Waals surface area contributed by atoms with E-state index in [1.54, 1.807) is 0 Å². The molecule has 8 nitrogen and oxygen atoms in total. The molecule has 2 aromatic heterocycles. The Morgan fingerprint density at radius 1 is 1.28 bits per heavy atom. The SMILES string of the molecule is CCOCc1nc2c(N)nc3cc(Br)ccc3c2n1C(C)CCCCS(N)(=O)=O. The van der Waals surface area contributed by atoms with Gasteiger partial charge in [-0.2, -0.15) is 0 Å². The molecule has 0 radical (unpaired) electrons. The number of hydrogen-bond donors (Lipinski definition) is 2. The molecule has 0 spiro atoms. The van der Waals surface area contributed by atoms with Crippen molar-refractivity contribution in [3.8, 4) is 0 Å². The lowest BCUT2D eigenvalue weighted by Gasteiger charge is -2.18. The molecule has 0 saturated heterocycles. The van der Waals surface area contributed by atoms with Crippen LogP contribution in [0.2, 0.25) is 0 Å². The maximum Gasteiger partial charge on any atom is 0.209 e. The first-order valence-corrected chi connectivity index (χ1v) is 12.1. The number of sulfonamides is 1. The summed E-state index contributed by atoms with van der Waals surface area (Å²) in [5.41, 5.74) is 8.60. The minimum atomic E-state index is -3.44. The topological polar surface area (TPSA) is 126 Å². The van der Waals surface area contributed by atoms with E-state index >= 15 is 0 Å². The number of halogens is 1. The Labute approximate surface area is 178 Å². The summed E-state index contributed by atoms with van der Waals surface area (Å²) in [6, 6.07) is 5.98. The first-order valence-electron chi connectivity index (χ1n) is 9.55. The van der Waals surface area contributed by atoms with Crippen LogP contribution in [0.1, 0.15) is 45.0 Å². The lowest BCUT2D eigenvalue weighted by Crippen LogP contribution is -2.17. The lowest BCUT2D eigenvalue weighted by atomic mass is 10.1. The smallest absolute Gasteiger partial charge is 0.209 e. The highest BCUT2D eigenvalue weighted by Gasteiger charge is 2.21. The maximum atomic E-state index is 11.2. The highest BCUT2D eigenvalue weighted by Crippen LogP contribution is 2.33. The summed E-state index contributed by atoms with van der Waals surface area (Å²) in [6.07, 6.45) is 2.03. The van der Waals surface area contributed by atoms with Crippen molar-refractivity contribution in [2.45, 2.75) is 45.8 Å². The summed E-state index contributed by atoms with van der Waals surface area (Å²) in [6.45, 7) is 4.97. The van der Waals surface area contributed by atoms with Gasteiger partial charge in [0.25, 0.3) is 0 Å². The van der Waals surface area contributed by atoms with Crippen molar-refractivity contribution >= 4 is 53.7 Å². The molecule has 1 unspecified atom stereocenters. The number of imidazole rings is 1. The second-order valence-corrected chi connectivity index (χ2v) is 9.75. The molecular weight excluding hydrogens is 458 g/mol. The quantitative estimate of drug-likeness (QED) is 0.448. The largest absolute Gasteiger partial charge is 0.382 e. The molecule has 0 saturated carbocycles. The zero-order valence-electron chi connectivity index (χ0n) is 16.6. The number of rotatable bonds is 9. The number of nitrogens with zero attached hydrogens (tertiary/aromatic N) is 3. The fourth-order valence-electron chi connectivity index (χ4n) is 3.54. The highest BCUT2D eigenvalue weighted by atomic mass is 79.9. The van der Waals surface area contributed by atoms with Crippen molar-refractivity contribution in [2.24, 2.45) is 5.14 Å². The molecule has 0 aliphatic rings. The van der Waals surface area contributed by atoms with E-state index in [9.17, 15) is 8.42 Å². The first-order chi connectivity index (χ1) is 13.7. The number of nitrogen functional groups attached to an aromatic ring is 1. The fourth-order valence-corrected chi connectivity index (χ4v) is 4.49. The number of anilines is 1. The van der Waals surface area contributed by atoms with Crippen molar-refractivity contribution in [3.05, 3.63) is 28.5 Å². The zero-order chi connectivity index (χ0) is 21.2. The Balaban J connectivity index is 2.05. The van der Waals surface area contributed by atoms with Gasteiger partial charge >= 0.3 is 0 Å². The van der Waals surface area contributed by atoms with Crippen LogP contribution < -0.4 is 10.9 Å². The maximum absolute atomic E-state index is 11.2. The van der Waals surface area contributed by atoms with Crippen LogP contribution >= 0.6 is 15.9 Å². The number of hydrogen-bond acceptors (Lipinski definition) is 6. The van der Waals surface area contributed by atoms with Crippen LogP contribution in [0.5, 0.6) is 0 Å². The Morgan fingerprint density at radius 3 is 2.72 bits per heavy atom. The van der Waals surface area contributed by atoms with E-state index < -0.39 is 10.0 Å². The van der Waals surface area contributed by atoms with E-state index in [0.29, 0.717) is 31.0 Å². The molecule has 3 rings (SSSR count). The molecule has 0 fully saturated rings. The van der Waals surface area contributed by atoms with Gasteiger partial charge in [-0.25, -0.2) is 23.5 Å². The van der Waals surface area contributed by atoms with Crippen molar-refractivity contribution in [1.29, 1.82) is 0 Å². The third-order valence-electron chi connectivity index (χ3n) is 4.86. The predicted octanol–water partition coefficient (Wildman–Crippen LogP) is 3.49. The van der Waals surface area contributed by atoms with E-state index in [1.165, 1.54) is 0 Å². The van der Waals surface area contributed by atoms with Gasteiger partial charge in [0.15, 0.2) is 5.82 Å². The van der Waals surface area contributed by atoms with Crippen LogP contribution in [0, 0.1) is 0 Å². The summed E-state index contributed by atoms with van der Waals surface area (Å²) in [5, 5.41) is 6.07. The second kappa shape index (κ2) is 8.95. The molecule has 2 heterocycles. The molecule has 10 heteroatoms. The Kier molecular flexibility index (Phi) is 6.77. The van der Waals surface area contributed by atoms with Gasteiger partial charge in [0.2, 0.25) is 10.0 Å². The van der Waals surface area contributed by atoms with Crippen molar-refractivity contribution < 1.29 is 13.2 Å². The van der Waals surface area contributed by atoms with Gasteiger partial charge in [0.1, 0.15) is 17.9 Å². The van der Waals surface area contributed by atoms with E-state index in [-0.39, 0.29) is 11.8 Å². The summed E-state index contributed by atoms with van der Waals surface area (Å²) in [7, 11) is -3.44. The molecule has 0 bridgehead atoms. The van der Waals surface area contributed by atoms with Crippen molar-refractivity contribution in [2.75, 3.05) is 18.1 Å². The average Bonchev–Trinajstić information content (AvgIpc) is 3.02. The molecule has 0 amide bonds. The van der Waals surface area contributed by atoms with Crippen LogP contribution in [0.15, 0.2) is 22.7 Å². The van der Waals surface area contributed by atoms with Gasteiger partial charge in [-0.3, -0.25) is 0 Å². The van der Waals surface area contributed by atoms with Crippen LogP contribution in [-0.4, -0.2) is 35.3 Å². The summed E-state index contributed by atoms with van der Waals surface area (Å²) >= 11 is 3.48. The third-order valence-corrected chi connectivity index (χ3v) is 6.21. The standard InChI is InChI=1S/C19H26BrN5O3S/c1-3-28-11-16-24-17-18(14-8-7-13(20)10-15(14)23-19(17)21)25(16)12(2)6-4-5-9-29(22,26)27/h7-8,10,12H,3-6,9,11H2,1-2H3,(H2,21,23)(H2,22,26,27). The van der Waals surface area contributed by atoms with E-state index in [1.807, 2.05) is 25.1 Å².